The van der Waals surface area contributed by atoms with Crippen molar-refractivity contribution in [2.75, 3.05) is 26.8 Å². The van der Waals surface area contributed by atoms with E-state index in [1.54, 1.807) is 7.11 Å². The van der Waals surface area contributed by atoms with E-state index >= 15 is 0 Å². The van der Waals surface area contributed by atoms with Crippen molar-refractivity contribution in [3.63, 3.8) is 0 Å². The zero-order valence-corrected chi connectivity index (χ0v) is 13.2. The van der Waals surface area contributed by atoms with Crippen molar-refractivity contribution in [2.45, 2.75) is 33.1 Å². The number of aliphatic hydroxyl groups excluding tert-OH is 1. The molecule has 2 rings (SSSR count). The highest BCUT2D eigenvalue weighted by molar-refractivity contribution is 5.97. The van der Waals surface area contributed by atoms with Gasteiger partial charge in [0.1, 0.15) is 5.75 Å². The van der Waals surface area contributed by atoms with Crippen LogP contribution in [-0.2, 0) is 0 Å². The molecule has 1 aliphatic heterocycles. The average Bonchev–Trinajstić information content (AvgIpc) is 2.54. The minimum absolute atomic E-state index is 0.00201. The third kappa shape index (κ3) is 3.21. The molecule has 1 saturated heterocycles. The number of aryl methyl sites for hydroxylation is 1. The Morgan fingerprint density at radius 2 is 2.24 bits per heavy atom. The van der Waals surface area contributed by atoms with Gasteiger partial charge in [-0.05, 0) is 43.9 Å². The van der Waals surface area contributed by atoms with Gasteiger partial charge in [0.25, 0.3) is 5.91 Å². The van der Waals surface area contributed by atoms with Crippen LogP contribution in [0.15, 0.2) is 18.2 Å². The number of rotatable bonds is 4. The van der Waals surface area contributed by atoms with Crippen molar-refractivity contribution in [3.05, 3.63) is 29.3 Å². The van der Waals surface area contributed by atoms with E-state index in [4.69, 9.17) is 4.74 Å². The Labute approximate surface area is 126 Å². The number of hydrogen-bond acceptors (Lipinski definition) is 3. The number of ether oxygens (including phenoxy) is 1. The molecule has 1 aromatic rings. The summed E-state index contributed by atoms with van der Waals surface area (Å²) in [7, 11) is 1.59. The third-order valence-electron chi connectivity index (χ3n) is 4.62. The fourth-order valence-corrected chi connectivity index (χ4v) is 3.06. The largest absolute Gasteiger partial charge is 0.496 e. The summed E-state index contributed by atoms with van der Waals surface area (Å²) >= 11 is 0. The van der Waals surface area contributed by atoms with Gasteiger partial charge in [-0.2, -0.15) is 0 Å². The first kappa shape index (κ1) is 15.8. The molecule has 4 heteroatoms. The Bertz CT molecular complexity index is 509. The number of piperidine rings is 1. The van der Waals surface area contributed by atoms with Gasteiger partial charge in [-0.1, -0.05) is 13.0 Å². The standard InChI is InChI=1S/C17H25NO3/c1-4-17(12-19)8-5-9-18(11-17)16(20)14-7-6-13(2)10-15(14)21-3/h6-7,10,19H,4-5,8-9,11-12H2,1-3H3/t17-/m1/s1. The zero-order valence-electron chi connectivity index (χ0n) is 13.2. The maximum Gasteiger partial charge on any atom is 0.257 e. The van der Waals surface area contributed by atoms with Crippen molar-refractivity contribution in [1.29, 1.82) is 0 Å². The number of nitrogens with zero attached hydrogens (tertiary/aromatic N) is 1. The van der Waals surface area contributed by atoms with E-state index in [9.17, 15) is 9.90 Å². The summed E-state index contributed by atoms with van der Waals surface area (Å²) in [5.74, 6) is 0.620. The molecule has 1 N–H and O–H groups in total. The predicted octanol–water partition coefficient (Wildman–Crippen LogP) is 2.63. The average molecular weight is 291 g/mol. The quantitative estimate of drug-likeness (QED) is 0.927. The van der Waals surface area contributed by atoms with Gasteiger partial charge in [-0.25, -0.2) is 0 Å². The topological polar surface area (TPSA) is 49.8 Å². The van der Waals surface area contributed by atoms with Crippen LogP contribution in [0, 0.1) is 12.3 Å². The maximum atomic E-state index is 12.8. The zero-order chi connectivity index (χ0) is 15.5. The molecule has 21 heavy (non-hydrogen) atoms. The number of amides is 1. The summed E-state index contributed by atoms with van der Waals surface area (Å²) in [6.07, 6.45) is 2.81. The predicted molar refractivity (Wildman–Crippen MR) is 82.7 cm³/mol. The normalized spacial score (nSPS) is 22.2. The number of methoxy groups -OCH3 is 1. The molecular weight excluding hydrogens is 266 g/mol. The summed E-state index contributed by atoms with van der Waals surface area (Å²) in [4.78, 5) is 14.6. The monoisotopic (exact) mass is 291 g/mol. The van der Waals surface area contributed by atoms with Gasteiger partial charge in [0.15, 0.2) is 0 Å². The van der Waals surface area contributed by atoms with Gasteiger partial charge < -0.3 is 14.7 Å². The summed E-state index contributed by atoms with van der Waals surface area (Å²) in [5, 5.41) is 9.69. The van der Waals surface area contributed by atoms with Gasteiger partial charge in [-0.15, -0.1) is 0 Å². The van der Waals surface area contributed by atoms with Crippen molar-refractivity contribution in [1.82, 2.24) is 4.90 Å². The second kappa shape index (κ2) is 6.48. The number of carbonyl (C=O) groups excluding carboxylic acids is 1. The Kier molecular flexibility index (Phi) is 4.88. The molecule has 0 saturated carbocycles. The molecule has 4 nitrogen and oxygen atoms in total. The van der Waals surface area contributed by atoms with Crippen LogP contribution in [0.2, 0.25) is 0 Å². The summed E-state index contributed by atoms with van der Waals surface area (Å²) in [6.45, 7) is 5.56. The fraction of sp³-hybridized carbons (Fsp3) is 0.588. The minimum atomic E-state index is -0.147. The summed E-state index contributed by atoms with van der Waals surface area (Å²) in [6, 6.07) is 5.65. The van der Waals surface area contributed by atoms with E-state index in [2.05, 4.69) is 6.92 Å². The van der Waals surface area contributed by atoms with Gasteiger partial charge in [-0.3, -0.25) is 4.79 Å². The minimum Gasteiger partial charge on any atom is -0.496 e. The van der Waals surface area contributed by atoms with E-state index in [-0.39, 0.29) is 17.9 Å². The molecule has 1 aromatic carbocycles. The fourth-order valence-electron chi connectivity index (χ4n) is 3.06. The Morgan fingerprint density at radius 3 is 2.86 bits per heavy atom. The second-order valence-corrected chi connectivity index (χ2v) is 6.05. The first-order chi connectivity index (χ1) is 10.0. The van der Waals surface area contributed by atoms with Crippen LogP contribution in [0.1, 0.15) is 42.1 Å². The molecule has 0 aliphatic carbocycles. The lowest BCUT2D eigenvalue weighted by Crippen LogP contribution is -2.47. The van der Waals surface area contributed by atoms with E-state index in [1.807, 2.05) is 30.0 Å². The number of benzene rings is 1. The Morgan fingerprint density at radius 1 is 1.48 bits per heavy atom. The lowest BCUT2D eigenvalue weighted by molar-refractivity contribution is 0.0250. The molecule has 0 bridgehead atoms. The van der Waals surface area contributed by atoms with Gasteiger partial charge >= 0.3 is 0 Å². The molecular formula is C17H25NO3. The molecule has 1 atom stereocenters. The molecule has 116 valence electrons. The molecule has 0 spiro atoms. The first-order valence-electron chi connectivity index (χ1n) is 7.60. The number of likely N-dealkylation sites (tertiary alicyclic amines) is 1. The summed E-state index contributed by atoms with van der Waals surface area (Å²) in [5.41, 5.74) is 1.53. The van der Waals surface area contributed by atoms with Crippen LogP contribution in [-0.4, -0.2) is 42.7 Å². The smallest absolute Gasteiger partial charge is 0.257 e. The Balaban J connectivity index is 2.24. The van der Waals surface area contributed by atoms with Crippen LogP contribution in [0.4, 0.5) is 0 Å². The van der Waals surface area contributed by atoms with E-state index < -0.39 is 0 Å². The highest BCUT2D eigenvalue weighted by Crippen LogP contribution is 2.34. The molecule has 1 amide bonds. The van der Waals surface area contributed by atoms with Crippen LogP contribution >= 0.6 is 0 Å². The number of carbonyl (C=O) groups is 1. The number of aliphatic hydroxyl groups is 1. The van der Waals surface area contributed by atoms with Gasteiger partial charge in [0, 0.05) is 18.5 Å². The molecule has 0 unspecified atom stereocenters. The molecule has 0 aromatic heterocycles. The first-order valence-corrected chi connectivity index (χ1v) is 7.60. The van der Waals surface area contributed by atoms with Crippen molar-refractivity contribution >= 4 is 5.91 Å². The number of hydrogen-bond donors (Lipinski definition) is 1. The highest BCUT2D eigenvalue weighted by Gasteiger charge is 2.36. The van der Waals surface area contributed by atoms with Gasteiger partial charge in [0.05, 0.1) is 19.3 Å². The van der Waals surface area contributed by atoms with Crippen LogP contribution in [0.25, 0.3) is 0 Å². The Hall–Kier alpha value is -1.55. The van der Waals surface area contributed by atoms with Crippen molar-refractivity contribution < 1.29 is 14.6 Å². The highest BCUT2D eigenvalue weighted by atomic mass is 16.5. The van der Waals surface area contributed by atoms with E-state index in [1.165, 1.54) is 0 Å². The van der Waals surface area contributed by atoms with E-state index in [0.717, 1.165) is 31.4 Å². The molecule has 1 fully saturated rings. The van der Waals surface area contributed by atoms with Crippen LogP contribution in [0.3, 0.4) is 0 Å². The lowest BCUT2D eigenvalue weighted by Gasteiger charge is -2.41. The van der Waals surface area contributed by atoms with Gasteiger partial charge in [0.2, 0.25) is 0 Å². The van der Waals surface area contributed by atoms with Crippen LogP contribution < -0.4 is 4.74 Å². The van der Waals surface area contributed by atoms with Crippen LogP contribution in [0.5, 0.6) is 5.75 Å². The second-order valence-electron chi connectivity index (χ2n) is 6.05. The lowest BCUT2D eigenvalue weighted by atomic mass is 9.78. The SMILES string of the molecule is CC[C@@]1(CO)CCCN(C(=O)c2ccc(C)cc2OC)C1. The van der Waals surface area contributed by atoms with Crippen molar-refractivity contribution in [2.24, 2.45) is 5.41 Å². The van der Waals surface area contributed by atoms with E-state index in [0.29, 0.717) is 17.9 Å². The van der Waals surface area contributed by atoms with Crippen molar-refractivity contribution in [3.8, 4) is 5.75 Å². The molecule has 0 radical (unpaired) electrons. The maximum absolute atomic E-state index is 12.8. The summed E-state index contributed by atoms with van der Waals surface area (Å²) < 4.78 is 5.35. The molecule has 1 aliphatic rings. The third-order valence-corrected chi connectivity index (χ3v) is 4.62. The molecule has 1 heterocycles.